The summed E-state index contributed by atoms with van der Waals surface area (Å²) in [4.78, 5) is 7.93. The van der Waals surface area contributed by atoms with Crippen LogP contribution in [-0.2, 0) is 9.84 Å². The van der Waals surface area contributed by atoms with Crippen LogP contribution in [0.1, 0.15) is 5.56 Å². The van der Waals surface area contributed by atoms with Gasteiger partial charge in [-0.25, -0.2) is 13.4 Å². The van der Waals surface area contributed by atoms with Crippen LogP contribution in [0.5, 0.6) is 0 Å². The van der Waals surface area contributed by atoms with Gasteiger partial charge < -0.3 is 4.98 Å². The first-order valence-electron chi connectivity index (χ1n) is 6.31. The average molecular weight is 365 g/mol. The minimum Gasteiger partial charge on any atom is -0.338 e. The van der Waals surface area contributed by atoms with Crippen LogP contribution in [0.3, 0.4) is 0 Å². The topological polar surface area (TPSA) is 62.8 Å². The third-order valence-electron chi connectivity index (χ3n) is 3.32. The SMILES string of the molecule is Cc1cc(Br)ccc1-c1nc2c(S(C)(=O)=O)cccc2[nH]1. The number of hydrogen-bond acceptors (Lipinski definition) is 3. The van der Waals surface area contributed by atoms with Gasteiger partial charge in [-0.1, -0.05) is 22.0 Å². The Morgan fingerprint density at radius 3 is 2.62 bits per heavy atom. The highest BCUT2D eigenvalue weighted by Gasteiger charge is 2.16. The van der Waals surface area contributed by atoms with Gasteiger partial charge in [0.05, 0.1) is 10.4 Å². The maximum atomic E-state index is 11.8. The fraction of sp³-hybridized carbons (Fsp3) is 0.133. The number of fused-ring (bicyclic) bond motifs is 1. The Morgan fingerprint density at radius 2 is 1.95 bits per heavy atom. The number of aromatic amines is 1. The summed E-state index contributed by atoms with van der Waals surface area (Å²) < 4.78 is 24.7. The molecule has 1 heterocycles. The van der Waals surface area contributed by atoms with E-state index in [1.54, 1.807) is 12.1 Å². The van der Waals surface area contributed by atoms with E-state index in [0.29, 0.717) is 11.3 Å². The van der Waals surface area contributed by atoms with Crippen LogP contribution in [0.15, 0.2) is 45.8 Å². The molecule has 0 atom stereocenters. The summed E-state index contributed by atoms with van der Waals surface area (Å²) in [6.07, 6.45) is 1.20. The first-order chi connectivity index (χ1) is 9.86. The van der Waals surface area contributed by atoms with Crippen LogP contribution >= 0.6 is 15.9 Å². The van der Waals surface area contributed by atoms with Crippen molar-refractivity contribution in [2.75, 3.05) is 6.26 Å². The van der Waals surface area contributed by atoms with Gasteiger partial charge in [-0.15, -0.1) is 0 Å². The Kier molecular flexibility index (Phi) is 3.37. The second-order valence-corrected chi connectivity index (χ2v) is 7.87. The van der Waals surface area contributed by atoms with E-state index in [4.69, 9.17) is 0 Å². The van der Waals surface area contributed by atoms with E-state index in [9.17, 15) is 8.42 Å². The molecule has 6 heteroatoms. The largest absolute Gasteiger partial charge is 0.338 e. The molecule has 0 unspecified atom stereocenters. The van der Waals surface area contributed by atoms with Crippen molar-refractivity contribution in [1.29, 1.82) is 0 Å². The van der Waals surface area contributed by atoms with Gasteiger partial charge in [-0.3, -0.25) is 0 Å². The molecule has 4 nitrogen and oxygen atoms in total. The van der Waals surface area contributed by atoms with E-state index >= 15 is 0 Å². The molecule has 3 aromatic rings. The van der Waals surface area contributed by atoms with E-state index in [0.717, 1.165) is 21.1 Å². The summed E-state index contributed by atoms with van der Waals surface area (Å²) in [5.74, 6) is 0.672. The molecule has 0 saturated carbocycles. The number of rotatable bonds is 2. The Bertz CT molecular complexity index is 945. The van der Waals surface area contributed by atoms with Gasteiger partial charge in [0.2, 0.25) is 0 Å². The number of aromatic nitrogens is 2. The molecule has 2 aromatic carbocycles. The number of aryl methyl sites for hydroxylation is 1. The number of imidazole rings is 1. The van der Waals surface area contributed by atoms with Crippen molar-refractivity contribution in [2.24, 2.45) is 0 Å². The molecule has 0 aliphatic rings. The highest BCUT2D eigenvalue weighted by molar-refractivity contribution is 9.10. The number of benzene rings is 2. The molecule has 1 aromatic heterocycles. The van der Waals surface area contributed by atoms with Crippen LogP contribution in [0, 0.1) is 6.92 Å². The van der Waals surface area contributed by atoms with Crippen LogP contribution in [0.4, 0.5) is 0 Å². The Morgan fingerprint density at radius 1 is 1.19 bits per heavy atom. The smallest absolute Gasteiger partial charge is 0.177 e. The Balaban J connectivity index is 2.27. The van der Waals surface area contributed by atoms with Gasteiger partial charge in [0.25, 0.3) is 0 Å². The van der Waals surface area contributed by atoms with Crippen LogP contribution in [-0.4, -0.2) is 24.6 Å². The Labute approximate surface area is 131 Å². The first kappa shape index (κ1) is 14.3. The second kappa shape index (κ2) is 4.96. The van der Waals surface area contributed by atoms with E-state index in [1.165, 1.54) is 6.26 Å². The number of H-pyrrole nitrogens is 1. The molecule has 0 bridgehead atoms. The zero-order valence-corrected chi connectivity index (χ0v) is 13.9. The van der Waals surface area contributed by atoms with Crippen LogP contribution in [0.2, 0.25) is 0 Å². The normalized spacial score (nSPS) is 12.0. The zero-order chi connectivity index (χ0) is 15.2. The quantitative estimate of drug-likeness (QED) is 0.753. The lowest BCUT2D eigenvalue weighted by Gasteiger charge is -2.02. The maximum absolute atomic E-state index is 11.8. The van der Waals surface area contributed by atoms with Crippen molar-refractivity contribution in [3.63, 3.8) is 0 Å². The molecule has 1 N–H and O–H groups in total. The van der Waals surface area contributed by atoms with Crippen molar-refractivity contribution in [3.05, 3.63) is 46.4 Å². The molecule has 0 aliphatic carbocycles. The second-order valence-electron chi connectivity index (χ2n) is 4.97. The summed E-state index contributed by atoms with van der Waals surface area (Å²) in [6, 6.07) is 11.0. The fourth-order valence-electron chi connectivity index (χ4n) is 2.33. The molecule has 108 valence electrons. The van der Waals surface area contributed by atoms with Gasteiger partial charge in [0.15, 0.2) is 9.84 Å². The van der Waals surface area contributed by atoms with Crippen molar-refractivity contribution >= 4 is 36.8 Å². The molecule has 21 heavy (non-hydrogen) atoms. The minimum absolute atomic E-state index is 0.247. The lowest BCUT2D eigenvalue weighted by atomic mass is 10.1. The lowest BCUT2D eigenvalue weighted by molar-refractivity contribution is 0.602. The molecule has 0 amide bonds. The summed E-state index contributed by atoms with van der Waals surface area (Å²) in [5.41, 5.74) is 3.21. The van der Waals surface area contributed by atoms with Gasteiger partial charge in [0, 0.05) is 16.3 Å². The van der Waals surface area contributed by atoms with Crippen molar-refractivity contribution in [1.82, 2.24) is 9.97 Å². The van der Waals surface area contributed by atoms with Gasteiger partial charge >= 0.3 is 0 Å². The molecule has 0 fully saturated rings. The van der Waals surface area contributed by atoms with E-state index in [1.807, 2.05) is 31.2 Å². The molecule has 0 spiro atoms. The average Bonchev–Trinajstić information content (AvgIpc) is 2.80. The Hall–Kier alpha value is -1.66. The minimum atomic E-state index is -3.31. The van der Waals surface area contributed by atoms with Gasteiger partial charge in [-0.2, -0.15) is 0 Å². The molecule has 0 saturated heterocycles. The zero-order valence-electron chi connectivity index (χ0n) is 11.5. The molecule has 0 aliphatic heterocycles. The number of nitrogens with one attached hydrogen (secondary N) is 1. The molecule has 0 radical (unpaired) electrons. The van der Waals surface area contributed by atoms with Crippen LogP contribution in [0.25, 0.3) is 22.4 Å². The number of hydrogen-bond donors (Lipinski definition) is 1. The van der Waals surface area contributed by atoms with E-state index < -0.39 is 9.84 Å². The predicted octanol–water partition coefficient (Wildman–Crippen LogP) is 3.70. The number of sulfone groups is 1. The van der Waals surface area contributed by atoms with E-state index in [-0.39, 0.29) is 4.90 Å². The summed E-state index contributed by atoms with van der Waals surface area (Å²) in [6.45, 7) is 1.99. The lowest BCUT2D eigenvalue weighted by Crippen LogP contribution is -1.97. The third-order valence-corrected chi connectivity index (χ3v) is 4.94. The first-order valence-corrected chi connectivity index (χ1v) is 9.00. The standard InChI is InChI=1S/C15H13BrN2O2S/c1-9-8-10(16)6-7-11(9)15-17-12-4-3-5-13(14(12)18-15)21(2,19)20/h3-8H,1-2H3,(H,17,18). The van der Waals surface area contributed by atoms with Crippen molar-refractivity contribution < 1.29 is 8.42 Å². The summed E-state index contributed by atoms with van der Waals surface area (Å²) in [7, 11) is -3.31. The molecular weight excluding hydrogens is 352 g/mol. The third kappa shape index (κ3) is 2.61. The molecule has 3 rings (SSSR count). The number of halogens is 1. The summed E-state index contributed by atoms with van der Waals surface area (Å²) in [5, 5.41) is 0. The maximum Gasteiger partial charge on any atom is 0.177 e. The number of nitrogens with zero attached hydrogens (tertiary/aromatic N) is 1. The van der Waals surface area contributed by atoms with Gasteiger partial charge in [-0.05, 0) is 42.8 Å². The van der Waals surface area contributed by atoms with Crippen molar-refractivity contribution in [3.8, 4) is 11.4 Å². The fourth-order valence-corrected chi connectivity index (χ4v) is 3.63. The highest BCUT2D eigenvalue weighted by Crippen LogP contribution is 2.28. The molecular formula is C15H13BrN2O2S. The van der Waals surface area contributed by atoms with Gasteiger partial charge in [0.1, 0.15) is 11.3 Å². The van der Waals surface area contributed by atoms with E-state index in [2.05, 4.69) is 25.9 Å². The van der Waals surface area contributed by atoms with Crippen LogP contribution < -0.4 is 0 Å². The van der Waals surface area contributed by atoms with Crippen molar-refractivity contribution in [2.45, 2.75) is 11.8 Å². The summed E-state index contributed by atoms with van der Waals surface area (Å²) >= 11 is 3.43. The number of para-hydroxylation sites is 1. The predicted molar refractivity (Wildman–Crippen MR) is 87.1 cm³/mol. The highest BCUT2D eigenvalue weighted by atomic mass is 79.9. The monoisotopic (exact) mass is 364 g/mol.